The second kappa shape index (κ2) is 12.1. The van der Waals surface area contributed by atoms with E-state index in [1.54, 1.807) is 46.8 Å². The number of aryl methyl sites for hydroxylation is 2. The van der Waals surface area contributed by atoms with Crippen molar-refractivity contribution in [2.24, 2.45) is 5.92 Å². The van der Waals surface area contributed by atoms with Crippen molar-refractivity contribution < 1.29 is 28.7 Å². The van der Waals surface area contributed by atoms with Crippen LogP contribution in [0.3, 0.4) is 0 Å². The number of ether oxygens (including phenoxy) is 2. The quantitative estimate of drug-likeness (QED) is 0.341. The molecular weight excluding hydrogens is 438 g/mol. The van der Waals surface area contributed by atoms with Crippen LogP contribution in [-0.4, -0.2) is 54.1 Å². The van der Waals surface area contributed by atoms with Crippen molar-refractivity contribution in [2.45, 2.75) is 66.2 Å². The molecule has 0 aliphatic carbocycles. The highest BCUT2D eigenvalue weighted by atomic mass is 16.6. The molecule has 0 saturated heterocycles. The Morgan fingerprint density at radius 2 is 1.65 bits per heavy atom. The minimum absolute atomic E-state index is 0.367. The Hall–Kier alpha value is -3.54. The van der Waals surface area contributed by atoms with Crippen molar-refractivity contribution in [3.05, 3.63) is 34.9 Å². The molecule has 1 aromatic carbocycles. The molecule has 0 spiro atoms. The van der Waals surface area contributed by atoms with Crippen LogP contribution in [0.4, 0.5) is 4.79 Å². The average molecular weight is 474 g/mol. The molecule has 2 atom stereocenters. The number of hydrogen-bond donors (Lipinski definition) is 2. The molecule has 0 saturated carbocycles. The first-order valence-corrected chi connectivity index (χ1v) is 10.9. The van der Waals surface area contributed by atoms with E-state index in [4.69, 9.17) is 11.2 Å². The summed E-state index contributed by atoms with van der Waals surface area (Å²) < 4.78 is 9.86. The second-order valence-corrected chi connectivity index (χ2v) is 9.32. The lowest BCUT2D eigenvalue weighted by Gasteiger charge is -2.32. The van der Waals surface area contributed by atoms with Gasteiger partial charge in [-0.25, -0.2) is 4.79 Å². The number of carbonyl (C=O) groups excluding carboxylic acids is 4. The molecule has 0 aliphatic rings. The number of alkyl carbamates (subject to hydrolysis) is 1. The Balaban J connectivity index is 3.40. The number of nitrogens with one attached hydrogen (secondary N) is 2. The maximum absolute atomic E-state index is 13.5. The van der Waals surface area contributed by atoms with Crippen LogP contribution in [0.15, 0.2) is 18.2 Å². The summed E-state index contributed by atoms with van der Waals surface area (Å²) in [7, 11) is 1.20. The third kappa shape index (κ3) is 8.43. The zero-order chi connectivity index (χ0) is 26.2. The van der Waals surface area contributed by atoms with Gasteiger partial charge in [-0.05, 0) is 46.1 Å². The van der Waals surface area contributed by atoms with E-state index < -0.39 is 48.1 Å². The molecule has 0 heterocycles. The number of methoxy groups -OCH3 is 1. The molecule has 0 aromatic heterocycles. The Morgan fingerprint density at radius 1 is 1.09 bits per heavy atom. The van der Waals surface area contributed by atoms with Crippen LogP contribution in [0.2, 0.25) is 0 Å². The van der Waals surface area contributed by atoms with Gasteiger partial charge in [-0.2, -0.15) is 0 Å². The van der Waals surface area contributed by atoms with E-state index >= 15 is 0 Å². The van der Waals surface area contributed by atoms with E-state index in [2.05, 4.69) is 21.4 Å². The fourth-order valence-electron chi connectivity index (χ4n) is 3.28. The van der Waals surface area contributed by atoms with E-state index in [1.165, 1.54) is 7.11 Å². The summed E-state index contributed by atoms with van der Waals surface area (Å²) in [5.74, 6) is -2.35. The van der Waals surface area contributed by atoms with Crippen LogP contribution < -0.4 is 10.6 Å². The third-order valence-corrected chi connectivity index (χ3v) is 4.68. The predicted octanol–water partition coefficient (Wildman–Crippen LogP) is 2.60. The molecule has 0 fully saturated rings. The molecular formula is C25H35N3O6. The van der Waals surface area contributed by atoms with Crippen molar-refractivity contribution in [1.82, 2.24) is 15.5 Å². The minimum Gasteiger partial charge on any atom is -0.468 e. The highest BCUT2D eigenvalue weighted by molar-refractivity contribution is 5.94. The van der Waals surface area contributed by atoms with Gasteiger partial charge in [0.15, 0.2) is 0 Å². The summed E-state index contributed by atoms with van der Waals surface area (Å²) in [5.41, 5.74) is 1.41. The Kier molecular flexibility index (Phi) is 10.1. The molecule has 2 N–H and O–H groups in total. The number of rotatable bonds is 8. The predicted molar refractivity (Wildman–Crippen MR) is 127 cm³/mol. The maximum atomic E-state index is 13.5. The Labute approximate surface area is 201 Å². The van der Waals surface area contributed by atoms with Gasteiger partial charge in [0.05, 0.1) is 7.11 Å². The number of amides is 3. The largest absolute Gasteiger partial charge is 0.468 e. The molecule has 0 bridgehead atoms. The molecule has 1 rings (SSSR count). The van der Waals surface area contributed by atoms with Gasteiger partial charge in [-0.15, -0.1) is 0 Å². The molecule has 2 unspecified atom stereocenters. The number of hydrogen-bond acceptors (Lipinski definition) is 6. The third-order valence-electron chi connectivity index (χ3n) is 4.68. The fraction of sp³-hybridized carbons (Fsp3) is 0.520. The minimum atomic E-state index is -1.25. The fourth-order valence-corrected chi connectivity index (χ4v) is 3.28. The summed E-state index contributed by atoms with van der Waals surface area (Å²) in [6, 6.07) is 5.37. The number of esters is 1. The summed E-state index contributed by atoms with van der Waals surface area (Å²) in [5, 5.41) is 5.03. The zero-order valence-electron chi connectivity index (χ0n) is 21.1. The van der Waals surface area contributed by atoms with Crippen molar-refractivity contribution in [3.8, 4) is 12.5 Å². The van der Waals surface area contributed by atoms with Crippen LogP contribution in [-0.2, 0) is 23.9 Å². The zero-order valence-corrected chi connectivity index (χ0v) is 21.1. The molecule has 0 radical (unpaired) electrons. The highest BCUT2D eigenvalue weighted by Crippen LogP contribution is 2.25. The van der Waals surface area contributed by atoms with E-state index in [0.717, 1.165) is 16.0 Å². The lowest BCUT2D eigenvalue weighted by Crippen LogP contribution is -2.53. The highest BCUT2D eigenvalue weighted by Gasteiger charge is 2.37. The number of terminal acetylenes is 1. The van der Waals surface area contributed by atoms with Gasteiger partial charge in [0.25, 0.3) is 5.91 Å². The van der Waals surface area contributed by atoms with Gasteiger partial charge in [0.1, 0.15) is 24.2 Å². The van der Waals surface area contributed by atoms with Gasteiger partial charge in [-0.3, -0.25) is 19.3 Å². The first kappa shape index (κ1) is 28.5. The van der Waals surface area contributed by atoms with Crippen molar-refractivity contribution in [3.63, 3.8) is 0 Å². The Bertz CT molecular complexity index is 938. The van der Waals surface area contributed by atoms with Crippen LogP contribution >= 0.6 is 0 Å². The molecule has 1 aromatic rings. The average Bonchev–Trinajstić information content (AvgIpc) is 2.70. The topological polar surface area (TPSA) is 114 Å². The van der Waals surface area contributed by atoms with Crippen molar-refractivity contribution in [2.75, 3.05) is 13.7 Å². The van der Waals surface area contributed by atoms with E-state index in [0.29, 0.717) is 5.56 Å². The molecule has 34 heavy (non-hydrogen) atoms. The molecule has 9 heteroatoms. The van der Waals surface area contributed by atoms with Crippen LogP contribution in [0.1, 0.15) is 57.4 Å². The number of nitrogens with zero attached hydrogens (tertiary/aromatic N) is 1. The van der Waals surface area contributed by atoms with Gasteiger partial charge < -0.3 is 20.1 Å². The van der Waals surface area contributed by atoms with Gasteiger partial charge in [0, 0.05) is 6.04 Å². The molecule has 3 amide bonds. The lowest BCUT2D eigenvalue weighted by molar-refractivity contribution is -0.143. The van der Waals surface area contributed by atoms with Crippen LogP contribution in [0, 0.1) is 32.2 Å². The van der Waals surface area contributed by atoms with Crippen molar-refractivity contribution >= 4 is 23.9 Å². The van der Waals surface area contributed by atoms with E-state index in [9.17, 15) is 19.2 Å². The normalized spacial score (nSPS) is 12.7. The Morgan fingerprint density at radius 3 is 2.09 bits per heavy atom. The van der Waals surface area contributed by atoms with Gasteiger partial charge in [0.2, 0.25) is 5.91 Å². The maximum Gasteiger partial charge on any atom is 0.408 e. The monoisotopic (exact) mass is 473 g/mol. The van der Waals surface area contributed by atoms with Crippen molar-refractivity contribution in [1.29, 1.82) is 0 Å². The number of benzene rings is 1. The summed E-state index contributed by atoms with van der Waals surface area (Å²) in [6.07, 6.45) is 4.94. The lowest BCUT2D eigenvalue weighted by atomic mass is 9.97. The van der Waals surface area contributed by atoms with Gasteiger partial charge >= 0.3 is 12.1 Å². The second-order valence-electron chi connectivity index (χ2n) is 9.32. The molecule has 9 nitrogen and oxygen atoms in total. The van der Waals surface area contributed by atoms with Crippen LogP contribution in [0.5, 0.6) is 0 Å². The molecule has 186 valence electrons. The smallest absolute Gasteiger partial charge is 0.408 e. The van der Waals surface area contributed by atoms with E-state index in [1.807, 2.05) is 19.9 Å². The first-order valence-electron chi connectivity index (χ1n) is 10.9. The number of carbonyl (C=O) groups is 4. The standard InChI is InChI=1S/C25H35N3O6/c1-10-28(23(31)20(15(2)3)27-24(32)34-25(6,7)8)21(22(30)26-14-19(29)33-9)18-12-16(4)11-17(5)13-18/h1,11-13,15,20-21H,14H2,2-9H3,(H,26,30)(H,27,32). The van der Waals surface area contributed by atoms with Crippen LogP contribution in [0.25, 0.3) is 0 Å². The van der Waals surface area contributed by atoms with E-state index in [-0.39, 0.29) is 5.92 Å². The summed E-state index contributed by atoms with van der Waals surface area (Å²) >= 11 is 0. The summed E-state index contributed by atoms with van der Waals surface area (Å²) in [6.45, 7) is 11.9. The summed E-state index contributed by atoms with van der Waals surface area (Å²) in [4.78, 5) is 51.6. The SMILES string of the molecule is C#CN(C(=O)C(NC(=O)OC(C)(C)C)C(C)C)C(C(=O)NCC(=O)OC)c1cc(C)cc(C)c1. The molecule has 0 aliphatic heterocycles. The van der Waals surface area contributed by atoms with Gasteiger partial charge in [-0.1, -0.05) is 49.6 Å². The first-order chi connectivity index (χ1) is 15.7.